The highest BCUT2D eigenvalue weighted by molar-refractivity contribution is 5.78. The first kappa shape index (κ1) is 19.4. The van der Waals surface area contributed by atoms with Crippen molar-refractivity contribution in [1.82, 2.24) is 10.2 Å². The third kappa shape index (κ3) is 4.86. The molecule has 1 fully saturated rings. The molecule has 1 N–H and O–H groups in total. The summed E-state index contributed by atoms with van der Waals surface area (Å²) >= 11 is 0. The fraction of sp³-hybridized carbons (Fsp3) is 0.409. The molecule has 2 aromatic carbocycles. The summed E-state index contributed by atoms with van der Waals surface area (Å²) in [6.07, 6.45) is 0. The number of rotatable bonds is 5. The van der Waals surface area contributed by atoms with Crippen LogP contribution in [0.3, 0.4) is 0 Å². The van der Waals surface area contributed by atoms with E-state index >= 15 is 0 Å². The third-order valence-corrected chi connectivity index (χ3v) is 5.34. The number of nitrogens with zero attached hydrogens (tertiary/aromatic N) is 2. The molecular weight excluding hydrogens is 341 g/mol. The Kier molecular flexibility index (Phi) is 6.11. The van der Waals surface area contributed by atoms with Crippen molar-refractivity contribution in [2.24, 2.45) is 0 Å². The molecule has 144 valence electrons. The van der Waals surface area contributed by atoms with Crippen molar-refractivity contribution in [3.05, 3.63) is 65.0 Å². The first-order valence-electron chi connectivity index (χ1n) is 9.52. The van der Waals surface area contributed by atoms with Crippen molar-refractivity contribution in [3.63, 3.8) is 0 Å². The van der Waals surface area contributed by atoms with Gasteiger partial charge < -0.3 is 10.2 Å². The molecule has 0 radical (unpaired) electrons. The molecule has 1 aliphatic rings. The minimum Gasteiger partial charge on any atom is -0.367 e. The van der Waals surface area contributed by atoms with Crippen LogP contribution in [0, 0.1) is 19.7 Å². The van der Waals surface area contributed by atoms with Gasteiger partial charge in [0.05, 0.1) is 18.3 Å². The molecule has 1 saturated heterocycles. The summed E-state index contributed by atoms with van der Waals surface area (Å²) in [6, 6.07) is 13.1. The summed E-state index contributed by atoms with van der Waals surface area (Å²) < 4.78 is 13.9. The maximum absolute atomic E-state index is 13.9. The van der Waals surface area contributed by atoms with Gasteiger partial charge in [-0.2, -0.15) is 0 Å². The summed E-state index contributed by atoms with van der Waals surface area (Å²) in [6.45, 7) is 9.51. The minimum absolute atomic E-state index is 0.0171. The van der Waals surface area contributed by atoms with E-state index in [0.717, 1.165) is 31.7 Å². The van der Waals surface area contributed by atoms with E-state index in [1.54, 1.807) is 6.07 Å². The zero-order chi connectivity index (χ0) is 19.4. The molecule has 0 bridgehead atoms. The molecule has 1 heterocycles. The molecule has 2 aromatic rings. The highest BCUT2D eigenvalue weighted by Gasteiger charge is 2.21. The predicted octanol–water partition coefficient (Wildman–Crippen LogP) is 3.44. The van der Waals surface area contributed by atoms with E-state index in [1.807, 2.05) is 24.0 Å². The van der Waals surface area contributed by atoms with Crippen molar-refractivity contribution in [1.29, 1.82) is 0 Å². The zero-order valence-corrected chi connectivity index (χ0v) is 16.3. The second-order valence-corrected chi connectivity index (χ2v) is 7.35. The lowest BCUT2D eigenvalue weighted by Gasteiger charge is -2.36. The number of hydrogen-bond donors (Lipinski definition) is 1. The normalized spacial score (nSPS) is 16.2. The Morgan fingerprint density at radius 2 is 1.78 bits per heavy atom. The molecule has 0 saturated carbocycles. The Labute approximate surface area is 161 Å². The van der Waals surface area contributed by atoms with Crippen molar-refractivity contribution in [3.8, 4) is 0 Å². The Hall–Kier alpha value is -2.40. The van der Waals surface area contributed by atoms with Crippen molar-refractivity contribution >= 4 is 11.6 Å². The maximum atomic E-state index is 13.9. The summed E-state index contributed by atoms with van der Waals surface area (Å²) in [5.74, 6) is -0.161. The monoisotopic (exact) mass is 369 g/mol. The Balaban J connectivity index is 1.49. The van der Waals surface area contributed by atoms with Gasteiger partial charge in [-0.05, 0) is 49.6 Å². The molecule has 5 heteroatoms. The van der Waals surface area contributed by atoms with E-state index < -0.39 is 0 Å². The second-order valence-electron chi connectivity index (χ2n) is 7.35. The van der Waals surface area contributed by atoms with Crippen LogP contribution < -0.4 is 10.2 Å². The summed E-state index contributed by atoms with van der Waals surface area (Å²) in [7, 11) is 0. The molecular formula is C22H28FN3O. The largest absolute Gasteiger partial charge is 0.367 e. The van der Waals surface area contributed by atoms with Gasteiger partial charge in [-0.15, -0.1) is 0 Å². The van der Waals surface area contributed by atoms with Crippen LogP contribution >= 0.6 is 0 Å². The number of anilines is 1. The Bertz CT molecular complexity index is 800. The van der Waals surface area contributed by atoms with E-state index in [2.05, 4.69) is 42.3 Å². The van der Waals surface area contributed by atoms with E-state index in [4.69, 9.17) is 0 Å². The number of carbonyl (C=O) groups excluding carboxylic acids is 1. The molecule has 3 rings (SSSR count). The Morgan fingerprint density at radius 1 is 1.07 bits per heavy atom. The molecule has 0 aromatic heterocycles. The van der Waals surface area contributed by atoms with Gasteiger partial charge in [0.1, 0.15) is 5.82 Å². The lowest BCUT2D eigenvalue weighted by Crippen LogP contribution is -2.49. The number of amides is 1. The van der Waals surface area contributed by atoms with Crippen LogP contribution in [0.1, 0.15) is 29.7 Å². The van der Waals surface area contributed by atoms with Crippen molar-refractivity contribution < 1.29 is 9.18 Å². The fourth-order valence-electron chi connectivity index (χ4n) is 3.46. The Morgan fingerprint density at radius 3 is 2.44 bits per heavy atom. The summed E-state index contributed by atoms with van der Waals surface area (Å²) in [5, 5.41) is 3.09. The smallest absolute Gasteiger partial charge is 0.234 e. The average Bonchev–Trinajstić information content (AvgIpc) is 2.65. The first-order chi connectivity index (χ1) is 12.9. The van der Waals surface area contributed by atoms with Crippen LogP contribution in [0.25, 0.3) is 0 Å². The molecule has 0 spiro atoms. The average molecular weight is 369 g/mol. The zero-order valence-electron chi connectivity index (χ0n) is 16.3. The highest BCUT2D eigenvalue weighted by Crippen LogP contribution is 2.20. The first-order valence-corrected chi connectivity index (χ1v) is 9.52. The molecule has 1 amide bonds. The molecule has 1 unspecified atom stereocenters. The van der Waals surface area contributed by atoms with Crippen LogP contribution in [0.5, 0.6) is 0 Å². The highest BCUT2D eigenvalue weighted by atomic mass is 19.1. The lowest BCUT2D eigenvalue weighted by atomic mass is 10.0. The fourth-order valence-corrected chi connectivity index (χ4v) is 3.46. The van der Waals surface area contributed by atoms with Crippen molar-refractivity contribution in [2.75, 3.05) is 37.6 Å². The number of nitrogens with one attached hydrogen (secondary N) is 1. The van der Waals surface area contributed by atoms with E-state index in [0.29, 0.717) is 12.2 Å². The van der Waals surface area contributed by atoms with E-state index in [-0.39, 0.29) is 17.8 Å². The van der Waals surface area contributed by atoms with Gasteiger partial charge in [0.25, 0.3) is 0 Å². The lowest BCUT2D eigenvalue weighted by molar-refractivity contribution is -0.123. The van der Waals surface area contributed by atoms with Gasteiger partial charge in [0.2, 0.25) is 5.91 Å². The summed E-state index contributed by atoms with van der Waals surface area (Å²) in [4.78, 5) is 16.6. The molecule has 27 heavy (non-hydrogen) atoms. The van der Waals surface area contributed by atoms with Crippen LogP contribution in [-0.2, 0) is 4.79 Å². The number of piperazine rings is 1. The van der Waals surface area contributed by atoms with Gasteiger partial charge in [-0.1, -0.05) is 30.3 Å². The minimum atomic E-state index is -0.189. The van der Waals surface area contributed by atoms with Crippen LogP contribution in [0.15, 0.2) is 42.5 Å². The third-order valence-electron chi connectivity index (χ3n) is 5.34. The number of benzene rings is 2. The van der Waals surface area contributed by atoms with Gasteiger partial charge in [0.15, 0.2) is 0 Å². The topological polar surface area (TPSA) is 35.6 Å². The predicted molar refractivity (Wildman–Crippen MR) is 108 cm³/mol. The maximum Gasteiger partial charge on any atom is 0.234 e. The SMILES string of the molecule is Cc1ccc(C(C)NC(=O)CN2CCN(c3ccccc3F)CC2)cc1C. The van der Waals surface area contributed by atoms with Gasteiger partial charge in [0, 0.05) is 26.2 Å². The van der Waals surface area contributed by atoms with Gasteiger partial charge >= 0.3 is 0 Å². The number of para-hydroxylation sites is 1. The number of carbonyl (C=O) groups is 1. The number of halogens is 1. The number of aryl methyl sites for hydroxylation is 2. The van der Waals surface area contributed by atoms with Crippen molar-refractivity contribution in [2.45, 2.75) is 26.8 Å². The second kappa shape index (κ2) is 8.53. The van der Waals surface area contributed by atoms with E-state index in [1.165, 1.54) is 17.2 Å². The van der Waals surface area contributed by atoms with Crippen LogP contribution in [0.4, 0.5) is 10.1 Å². The van der Waals surface area contributed by atoms with E-state index in [9.17, 15) is 9.18 Å². The number of hydrogen-bond acceptors (Lipinski definition) is 3. The van der Waals surface area contributed by atoms with Gasteiger partial charge in [-0.25, -0.2) is 4.39 Å². The van der Waals surface area contributed by atoms with Gasteiger partial charge in [-0.3, -0.25) is 9.69 Å². The standard InChI is InChI=1S/C22H28FN3O/c1-16-8-9-19(14-17(16)2)18(3)24-22(27)15-25-10-12-26(13-11-25)21-7-5-4-6-20(21)23/h4-9,14,18H,10-13,15H2,1-3H3,(H,24,27). The van der Waals surface area contributed by atoms with Crippen LogP contribution in [0.2, 0.25) is 0 Å². The molecule has 4 nitrogen and oxygen atoms in total. The summed E-state index contributed by atoms with van der Waals surface area (Å²) in [5.41, 5.74) is 4.25. The van der Waals surface area contributed by atoms with Crippen LogP contribution in [-0.4, -0.2) is 43.5 Å². The molecule has 0 aliphatic carbocycles. The quantitative estimate of drug-likeness (QED) is 0.877. The molecule has 1 atom stereocenters. The molecule has 1 aliphatic heterocycles.